The molecule has 10 heteroatoms. The zero-order valence-corrected chi connectivity index (χ0v) is 28.9. The predicted molar refractivity (Wildman–Crippen MR) is 199 cm³/mol. The van der Waals surface area contributed by atoms with Crippen LogP contribution >= 0.6 is 0 Å². The van der Waals surface area contributed by atoms with E-state index in [2.05, 4.69) is 67.2 Å². The van der Waals surface area contributed by atoms with Gasteiger partial charge in [0.25, 0.3) is 11.1 Å². The number of pyridine rings is 2. The molecule has 2 atom stereocenters. The predicted octanol–water partition coefficient (Wildman–Crippen LogP) is 5.42. The number of carbonyl (C=O) groups excluding carboxylic acids is 2. The van der Waals surface area contributed by atoms with Crippen molar-refractivity contribution in [2.24, 2.45) is 14.1 Å². The van der Waals surface area contributed by atoms with Crippen LogP contribution in [0.1, 0.15) is 37.8 Å². The molecule has 256 valence electrons. The molecule has 8 rings (SSSR count). The Morgan fingerprint density at radius 2 is 0.980 bits per heavy atom. The number of hydrogen-bond acceptors (Lipinski definition) is 4. The number of aromatic amines is 2. The van der Waals surface area contributed by atoms with Crippen molar-refractivity contribution in [3.05, 3.63) is 130 Å². The van der Waals surface area contributed by atoms with Crippen LogP contribution in [0.2, 0.25) is 0 Å². The van der Waals surface area contributed by atoms with E-state index >= 15 is 0 Å². The highest BCUT2D eigenvalue weighted by molar-refractivity contribution is 5.91. The van der Waals surface area contributed by atoms with Gasteiger partial charge in [-0.1, -0.05) is 24.3 Å². The summed E-state index contributed by atoms with van der Waals surface area (Å²) >= 11 is 0. The number of nitrogens with one attached hydrogen (secondary N) is 4. The van der Waals surface area contributed by atoms with Gasteiger partial charge < -0.3 is 29.7 Å². The number of amides is 2. The van der Waals surface area contributed by atoms with Crippen molar-refractivity contribution in [1.29, 1.82) is 0 Å². The summed E-state index contributed by atoms with van der Waals surface area (Å²) in [5, 5.41) is 7.87. The van der Waals surface area contributed by atoms with Crippen molar-refractivity contribution in [2.75, 3.05) is 13.1 Å². The van der Waals surface area contributed by atoms with E-state index in [1.54, 1.807) is 12.1 Å². The zero-order chi connectivity index (χ0) is 35.8. The van der Waals surface area contributed by atoms with E-state index in [-0.39, 0.29) is 22.9 Å². The van der Waals surface area contributed by atoms with Crippen molar-refractivity contribution in [3.8, 4) is 22.5 Å². The Bertz CT molecular complexity index is 2210. The third-order valence-electron chi connectivity index (χ3n) is 10.2. The molecule has 4 N–H and O–H groups in total. The van der Waals surface area contributed by atoms with E-state index in [0.717, 1.165) is 44.3 Å². The fraction of sp³-hybridized carbons (Fsp3) is 0.250. The third kappa shape index (κ3) is 5.87. The van der Waals surface area contributed by atoms with E-state index in [0.29, 0.717) is 37.1 Å². The Hall–Kier alpha value is -5.90. The average Bonchev–Trinajstić information content (AvgIpc) is 3.88. The number of H-pyrrole nitrogens is 2. The third-order valence-corrected chi connectivity index (χ3v) is 10.2. The summed E-state index contributed by atoms with van der Waals surface area (Å²) in [5.41, 5.74) is 4.92. The van der Waals surface area contributed by atoms with Gasteiger partial charge in [0.05, 0.1) is 10.8 Å². The van der Waals surface area contributed by atoms with Crippen LogP contribution in [0.3, 0.4) is 0 Å². The van der Waals surface area contributed by atoms with Crippen molar-refractivity contribution in [3.63, 3.8) is 0 Å². The highest BCUT2D eigenvalue weighted by atomic mass is 16.2. The van der Waals surface area contributed by atoms with Crippen molar-refractivity contribution in [1.82, 2.24) is 29.7 Å². The van der Waals surface area contributed by atoms with Crippen molar-refractivity contribution in [2.45, 2.75) is 37.5 Å². The van der Waals surface area contributed by atoms with Crippen LogP contribution in [0.4, 0.5) is 0 Å². The molecule has 6 heterocycles. The van der Waals surface area contributed by atoms with E-state index in [1.165, 1.54) is 0 Å². The highest BCUT2D eigenvalue weighted by Gasteiger charge is 2.42. The molecule has 0 bridgehead atoms. The molecule has 50 heavy (non-hydrogen) atoms. The fourth-order valence-electron chi connectivity index (χ4n) is 7.03. The lowest BCUT2D eigenvalue weighted by Crippen LogP contribution is -2.37. The summed E-state index contributed by atoms with van der Waals surface area (Å²) in [7, 11) is 4.01. The first kappa shape index (κ1) is 34.0. The number of hydrogen-bond donors (Lipinski definition) is 4. The quantitative estimate of drug-likeness (QED) is 0.186. The minimum atomic E-state index is -0.741. The van der Waals surface area contributed by atoms with Gasteiger partial charge in [-0.2, -0.15) is 0 Å². The molecule has 0 aliphatic carbocycles. The first-order valence-corrected chi connectivity index (χ1v) is 16.6. The van der Waals surface area contributed by atoms with Crippen molar-refractivity contribution < 1.29 is 9.59 Å². The van der Waals surface area contributed by atoms with Gasteiger partial charge in [0.1, 0.15) is 0 Å². The summed E-state index contributed by atoms with van der Waals surface area (Å²) in [6.45, 7) is 10.9. The number of carbonyl (C=O) groups is 2. The molecule has 2 aliphatic rings. The first-order valence-electron chi connectivity index (χ1n) is 16.6. The number of benzene rings is 2. The molecule has 2 amide bonds. The van der Waals surface area contributed by atoms with Gasteiger partial charge in [-0.05, 0) is 86.3 Å². The maximum absolute atomic E-state index is 12.6. The monoisotopic (exact) mass is 670 g/mol. The second kappa shape index (κ2) is 13.2. The smallest absolute Gasteiger partial charge is 0.252 e. The number of nitrogens with zero attached hydrogens (tertiary/aromatic N) is 2. The van der Waals surface area contributed by atoms with E-state index < -0.39 is 10.8 Å². The lowest BCUT2D eigenvalue weighted by molar-refractivity contribution is -0.124. The Morgan fingerprint density at radius 3 is 1.32 bits per heavy atom. The van der Waals surface area contributed by atoms with Crippen LogP contribution < -0.4 is 21.8 Å². The molecular weight excluding hydrogens is 628 g/mol. The first-order chi connectivity index (χ1) is 24.0. The lowest BCUT2D eigenvalue weighted by atomic mass is 9.81. The molecular formula is C40H42N6O4. The summed E-state index contributed by atoms with van der Waals surface area (Å²) in [4.78, 5) is 55.2. The summed E-state index contributed by atoms with van der Waals surface area (Å²) in [6.07, 6.45) is 5.31. The Morgan fingerprint density at radius 1 is 0.580 bits per heavy atom. The molecule has 2 fully saturated rings. The molecule has 2 aliphatic heterocycles. The van der Waals surface area contributed by atoms with Crippen LogP contribution in [-0.2, 0) is 34.5 Å². The standard InChI is InChI=1S/2C19H19N3O2.C2H4/c2*1-19(8-9-20-18(19)24)14-4-5-15(21-17(14)23)12-3-6-16-13(11-12)7-10-22(16)2;1-2/h2*3-7,10-11H,8-9H2,1-2H3,(H,20,24)(H,21,23);1-2H2/t2*19-;/m11./s1. The van der Waals surface area contributed by atoms with Gasteiger partial charge in [-0.25, -0.2) is 0 Å². The maximum Gasteiger partial charge on any atom is 0.252 e. The number of rotatable bonds is 4. The molecule has 0 spiro atoms. The number of aromatic nitrogens is 4. The van der Waals surface area contributed by atoms with Crippen LogP contribution in [0.15, 0.2) is 108 Å². The van der Waals surface area contributed by atoms with Crippen molar-refractivity contribution >= 4 is 33.6 Å². The molecule has 6 aromatic rings. The summed E-state index contributed by atoms with van der Waals surface area (Å²) in [6, 6.07) is 23.6. The van der Waals surface area contributed by atoms with Gasteiger partial charge in [0.15, 0.2) is 0 Å². The topological polar surface area (TPSA) is 134 Å². The maximum atomic E-state index is 12.6. The average molecular weight is 671 g/mol. The van der Waals surface area contributed by atoms with Gasteiger partial charge in [0, 0.05) is 83.9 Å². The fourth-order valence-corrected chi connectivity index (χ4v) is 7.03. The lowest BCUT2D eigenvalue weighted by Gasteiger charge is -2.20. The molecule has 10 nitrogen and oxygen atoms in total. The highest BCUT2D eigenvalue weighted by Crippen LogP contribution is 2.32. The van der Waals surface area contributed by atoms with E-state index in [9.17, 15) is 19.2 Å². The van der Waals surface area contributed by atoms with Gasteiger partial charge >= 0.3 is 0 Å². The SMILES string of the molecule is C=C.Cn1ccc2cc(-c3ccc([C@@]4(C)CCNC4=O)c(=O)[nH]3)ccc21.Cn1ccc2cc(-c3ccc([C@@]4(C)CCNC4=O)c(=O)[nH]3)ccc21. The van der Waals surface area contributed by atoms with Crippen LogP contribution in [0, 0.1) is 0 Å². The number of aryl methyl sites for hydroxylation is 2. The van der Waals surface area contributed by atoms with Crippen LogP contribution in [-0.4, -0.2) is 44.0 Å². The Kier molecular flexibility index (Phi) is 8.96. The van der Waals surface area contributed by atoms with Gasteiger partial charge in [0.2, 0.25) is 11.8 Å². The number of fused-ring (bicyclic) bond motifs is 2. The molecule has 0 unspecified atom stereocenters. The minimum Gasteiger partial charge on any atom is -0.355 e. The molecule has 4 aromatic heterocycles. The molecule has 2 saturated heterocycles. The molecule has 0 radical (unpaired) electrons. The zero-order valence-electron chi connectivity index (χ0n) is 28.9. The van der Waals surface area contributed by atoms with Crippen LogP contribution in [0.25, 0.3) is 44.3 Å². The second-order valence-electron chi connectivity index (χ2n) is 13.3. The largest absolute Gasteiger partial charge is 0.355 e. The van der Waals surface area contributed by atoms with E-state index in [1.807, 2.05) is 76.7 Å². The Balaban J connectivity index is 0.000000165. The summed E-state index contributed by atoms with van der Waals surface area (Å²) < 4.78 is 4.12. The summed E-state index contributed by atoms with van der Waals surface area (Å²) in [5.74, 6) is -0.155. The molecule has 2 aromatic carbocycles. The Labute approximate surface area is 289 Å². The van der Waals surface area contributed by atoms with Crippen LogP contribution in [0.5, 0.6) is 0 Å². The minimum absolute atomic E-state index is 0.0774. The van der Waals surface area contributed by atoms with E-state index in [4.69, 9.17) is 0 Å². The normalized spacial score (nSPS) is 19.8. The van der Waals surface area contributed by atoms with Gasteiger partial charge in [-0.15, -0.1) is 13.2 Å². The van der Waals surface area contributed by atoms with Gasteiger partial charge in [-0.3, -0.25) is 19.2 Å². The molecule has 0 saturated carbocycles. The second-order valence-corrected chi connectivity index (χ2v) is 13.3.